The maximum Gasteiger partial charge on any atom is 0.286 e. The molecule has 7 nitrogen and oxygen atoms in total. The van der Waals surface area contributed by atoms with Crippen LogP contribution in [-0.2, 0) is 0 Å². The van der Waals surface area contributed by atoms with Crippen LogP contribution in [0.3, 0.4) is 0 Å². The summed E-state index contributed by atoms with van der Waals surface area (Å²) in [7, 11) is 0. The number of halogens is 1. The summed E-state index contributed by atoms with van der Waals surface area (Å²) in [5.41, 5.74) is -1.08. The first-order chi connectivity index (χ1) is 9.45. The summed E-state index contributed by atoms with van der Waals surface area (Å²) in [5.74, 6) is -2.70. The quantitative estimate of drug-likeness (QED) is 0.637. The average Bonchev–Trinajstić information content (AvgIpc) is 2.88. The SMILES string of the molecule is O=C(c1cc(F)c(O)cc1[N+](=O)[O-])N1CCC[C@H]1CO. The molecule has 1 fully saturated rings. The van der Waals surface area contributed by atoms with Crippen LogP contribution in [0.2, 0.25) is 0 Å². The molecule has 0 spiro atoms. The Balaban J connectivity index is 2.43. The van der Waals surface area contributed by atoms with Crippen LogP contribution in [0.15, 0.2) is 12.1 Å². The van der Waals surface area contributed by atoms with Gasteiger partial charge in [-0.05, 0) is 18.9 Å². The number of phenols is 1. The van der Waals surface area contributed by atoms with Crippen molar-refractivity contribution >= 4 is 11.6 Å². The number of nitro benzene ring substituents is 1. The Bertz CT molecular complexity index is 563. The van der Waals surface area contributed by atoms with Gasteiger partial charge in [-0.3, -0.25) is 14.9 Å². The van der Waals surface area contributed by atoms with Crippen LogP contribution in [0, 0.1) is 15.9 Å². The van der Waals surface area contributed by atoms with Crippen molar-refractivity contribution in [2.45, 2.75) is 18.9 Å². The van der Waals surface area contributed by atoms with Crippen LogP contribution in [0.1, 0.15) is 23.2 Å². The van der Waals surface area contributed by atoms with Gasteiger partial charge in [-0.15, -0.1) is 0 Å². The lowest BCUT2D eigenvalue weighted by Gasteiger charge is -2.22. The van der Waals surface area contributed by atoms with E-state index in [4.69, 9.17) is 5.11 Å². The van der Waals surface area contributed by atoms with Crippen molar-refractivity contribution in [3.05, 3.63) is 33.6 Å². The molecule has 0 unspecified atom stereocenters. The molecule has 1 saturated heterocycles. The number of nitrogens with zero attached hydrogens (tertiary/aromatic N) is 2. The molecule has 2 rings (SSSR count). The number of nitro groups is 1. The van der Waals surface area contributed by atoms with Gasteiger partial charge in [-0.25, -0.2) is 4.39 Å². The lowest BCUT2D eigenvalue weighted by Crippen LogP contribution is -2.37. The highest BCUT2D eigenvalue weighted by molar-refractivity contribution is 5.98. The van der Waals surface area contributed by atoms with E-state index in [1.165, 1.54) is 4.90 Å². The Labute approximate surface area is 113 Å². The average molecular weight is 284 g/mol. The lowest BCUT2D eigenvalue weighted by atomic mass is 10.1. The zero-order valence-corrected chi connectivity index (χ0v) is 10.5. The molecule has 0 saturated carbocycles. The molecule has 20 heavy (non-hydrogen) atoms. The van der Waals surface area contributed by atoms with Crippen LogP contribution >= 0.6 is 0 Å². The summed E-state index contributed by atoms with van der Waals surface area (Å²) in [6, 6.07) is 0.855. The van der Waals surface area contributed by atoms with Gasteiger partial charge in [0.1, 0.15) is 5.56 Å². The molecule has 1 amide bonds. The fraction of sp³-hybridized carbons (Fsp3) is 0.417. The Morgan fingerprint density at radius 2 is 2.25 bits per heavy atom. The zero-order valence-electron chi connectivity index (χ0n) is 10.5. The molecule has 1 atom stereocenters. The molecular weight excluding hydrogens is 271 g/mol. The van der Waals surface area contributed by atoms with E-state index >= 15 is 0 Å². The molecule has 0 aromatic heterocycles. The molecule has 1 aliphatic rings. The molecule has 1 heterocycles. The Morgan fingerprint density at radius 1 is 1.55 bits per heavy atom. The van der Waals surface area contributed by atoms with Crippen LogP contribution in [0.25, 0.3) is 0 Å². The fourth-order valence-electron chi connectivity index (χ4n) is 2.32. The molecule has 8 heteroatoms. The van der Waals surface area contributed by atoms with Gasteiger partial charge in [-0.1, -0.05) is 0 Å². The maximum atomic E-state index is 13.4. The molecule has 0 bridgehead atoms. The minimum absolute atomic E-state index is 0.250. The first-order valence-electron chi connectivity index (χ1n) is 6.04. The van der Waals surface area contributed by atoms with Crippen molar-refractivity contribution in [1.82, 2.24) is 4.90 Å². The van der Waals surface area contributed by atoms with E-state index in [1.807, 2.05) is 0 Å². The fourth-order valence-corrected chi connectivity index (χ4v) is 2.32. The van der Waals surface area contributed by atoms with E-state index < -0.39 is 39.7 Å². The molecule has 1 aromatic carbocycles. The minimum Gasteiger partial charge on any atom is -0.505 e. The lowest BCUT2D eigenvalue weighted by molar-refractivity contribution is -0.385. The van der Waals surface area contributed by atoms with Gasteiger partial charge in [0.05, 0.1) is 23.6 Å². The third-order valence-electron chi connectivity index (χ3n) is 3.34. The molecule has 0 aliphatic carbocycles. The molecule has 1 aliphatic heterocycles. The largest absolute Gasteiger partial charge is 0.505 e. The molecule has 108 valence electrons. The van der Waals surface area contributed by atoms with Crippen LogP contribution < -0.4 is 0 Å². The van der Waals surface area contributed by atoms with E-state index in [-0.39, 0.29) is 6.61 Å². The summed E-state index contributed by atoms with van der Waals surface area (Å²) < 4.78 is 13.4. The first kappa shape index (κ1) is 14.2. The third-order valence-corrected chi connectivity index (χ3v) is 3.34. The number of benzene rings is 1. The number of rotatable bonds is 3. The number of aromatic hydroxyl groups is 1. The van der Waals surface area contributed by atoms with Crippen molar-refractivity contribution in [3.63, 3.8) is 0 Å². The summed E-state index contributed by atoms with van der Waals surface area (Å²) in [5, 5.41) is 29.2. The zero-order chi connectivity index (χ0) is 14.9. The van der Waals surface area contributed by atoms with Gasteiger partial charge in [-0.2, -0.15) is 0 Å². The maximum absolute atomic E-state index is 13.4. The molecular formula is C12H13FN2O5. The normalized spacial score (nSPS) is 18.3. The van der Waals surface area contributed by atoms with Gasteiger partial charge in [0.15, 0.2) is 11.6 Å². The standard InChI is InChI=1S/C12H13FN2O5/c13-9-4-8(10(15(19)20)5-11(9)17)12(18)14-3-1-2-7(14)6-16/h4-5,7,16-17H,1-3,6H2/t7-/m0/s1. The van der Waals surface area contributed by atoms with E-state index in [1.54, 1.807) is 0 Å². The topological polar surface area (TPSA) is 104 Å². The number of hydrogen-bond donors (Lipinski definition) is 2. The Kier molecular flexibility index (Phi) is 3.84. The highest BCUT2D eigenvalue weighted by atomic mass is 19.1. The number of aliphatic hydroxyl groups is 1. The van der Waals surface area contributed by atoms with Gasteiger partial charge in [0, 0.05) is 6.54 Å². The highest BCUT2D eigenvalue weighted by Crippen LogP contribution is 2.30. The second kappa shape index (κ2) is 5.41. The number of phenolic OH excluding ortho intramolecular Hbond substituents is 1. The summed E-state index contributed by atoms with van der Waals surface area (Å²) in [4.78, 5) is 23.6. The number of carbonyl (C=O) groups excluding carboxylic acids is 1. The predicted molar refractivity (Wildman–Crippen MR) is 65.9 cm³/mol. The van der Waals surface area contributed by atoms with Crippen molar-refractivity contribution in [3.8, 4) is 5.75 Å². The highest BCUT2D eigenvalue weighted by Gasteiger charge is 2.33. The first-order valence-corrected chi connectivity index (χ1v) is 6.04. The second-order valence-corrected chi connectivity index (χ2v) is 4.56. The minimum atomic E-state index is -1.10. The summed E-state index contributed by atoms with van der Waals surface area (Å²) in [6.45, 7) is 0.101. The van der Waals surface area contributed by atoms with E-state index in [9.17, 15) is 24.4 Å². The Hall–Kier alpha value is -2.22. The van der Waals surface area contributed by atoms with Crippen LogP contribution in [0.4, 0.5) is 10.1 Å². The van der Waals surface area contributed by atoms with Gasteiger partial charge < -0.3 is 15.1 Å². The Morgan fingerprint density at radius 3 is 2.85 bits per heavy atom. The number of likely N-dealkylation sites (tertiary alicyclic amines) is 1. The summed E-state index contributed by atoms with van der Waals surface area (Å²) in [6.07, 6.45) is 1.27. The van der Waals surface area contributed by atoms with E-state index in [0.717, 1.165) is 0 Å². The van der Waals surface area contributed by atoms with Gasteiger partial charge in [0.2, 0.25) is 0 Å². The van der Waals surface area contributed by atoms with Gasteiger partial charge in [0.25, 0.3) is 11.6 Å². The van der Waals surface area contributed by atoms with Crippen molar-refractivity contribution in [2.24, 2.45) is 0 Å². The number of hydrogen-bond acceptors (Lipinski definition) is 5. The van der Waals surface area contributed by atoms with Crippen molar-refractivity contribution in [1.29, 1.82) is 0 Å². The van der Waals surface area contributed by atoms with Crippen molar-refractivity contribution in [2.75, 3.05) is 13.2 Å². The van der Waals surface area contributed by atoms with E-state index in [0.29, 0.717) is 31.5 Å². The third kappa shape index (κ3) is 2.42. The smallest absolute Gasteiger partial charge is 0.286 e. The monoisotopic (exact) mass is 284 g/mol. The molecule has 0 radical (unpaired) electrons. The van der Waals surface area contributed by atoms with Crippen LogP contribution in [0.5, 0.6) is 5.75 Å². The molecule has 1 aromatic rings. The summed E-state index contributed by atoms with van der Waals surface area (Å²) >= 11 is 0. The van der Waals surface area contributed by atoms with Crippen LogP contribution in [-0.4, -0.2) is 45.1 Å². The number of aliphatic hydroxyl groups excluding tert-OH is 1. The van der Waals surface area contributed by atoms with Crippen molar-refractivity contribution < 1.29 is 24.3 Å². The van der Waals surface area contributed by atoms with E-state index in [2.05, 4.69) is 0 Å². The number of carbonyl (C=O) groups is 1. The second-order valence-electron chi connectivity index (χ2n) is 4.56. The number of amides is 1. The molecule has 2 N–H and O–H groups in total. The van der Waals surface area contributed by atoms with Gasteiger partial charge >= 0.3 is 0 Å². The predicted octanol–water partition coefficient (Wildman–Crippen LogP) is 1.04.